The Labute approximate surface area is 174 Å². The molecule has 2 aromatic heterocycles. The summed E-state index contributed by atoms with van der Waals surface area (Å²) in [6.45, 7) is 0.197. The van der Waals surface area contributed by atoms with E-state index in [0.29, 0.717) is 22.1 Å². The number of nitrogens with zero attached hydrogens (tertiary/aromatic N) is 5. The Kier molecular flexibility index (Phi) is 4.28. The second kappa shape index (κ2) is 7.13. The van der Waals surface area contributed by atoms with Gasteiger partial charge in [0.15, 0.2) is 11.5 Å². The van der Waals surface area contributed by atoms with Gasteiger partial charge in [-0.3, -0.25) is 14.7 Å². The molecule has 31 heavy (non-hydrogen) atoms. The number of halogens is 1. The highest BCUT2D eigenvalue weighted by molar-refractivity contribution is 5.91. The molecule has 3 aromatic carbocycles. The van der Waals surface area contributed by atoms with Crippen LogP contribution < -0.4 is 5.69 Å². The molecular formula is C22H14FN5O3. The molecule has 0 spiro atoms. The van der Waals surface area contributed by atoms with Crippen LogP contribution in [0.2, 0.25) is 0 Å². The quantitative estimate of drug-likeness (QED) is 0.329. The average molecular weight is 415 g/mol. The van der Waals surface area contributed by atoms with Gasteiger partial charge >= 0.3 is 5.69 Å². The van der Waals surface area contributed by atoms with Gasteiger partial charge in [-0.2, -0.15) is 4.52 Å². The summed E-state index contributed by atoms with van der Waals surface area (Å²) < 4.78 is 16.4. The van der Waals surface area contributed by atoms with E-state index in [-0.39, 0.29) is 18.1 Å². The zero-order valence-corrected chi connectivity index (χ0v) is 16.0. The molecule has 2 heterocycles. The first-order valence-electron chi connectivity index (χ1n) is 9.39. The zero-order valence-electron chi connectivity index (χ0n) is 16.0. The topological polar surface area (TPSA) is 95.3 Å². The lowest BCUT2D eigenvalue weighted by Gasteiger charge is -2.11. The second-order valence-electron chi connectivity index (χ2n) is 6.99. The predicted molar refractivity (Wildman–Crippen MR) is 112 cm³/mol. The third kappa shape index (κ3) is 3.21. The molecule has 8 nitrogen and oxygen atoms in total. The van der Waals surface area contributed by atoms with Crippen LogP contribution in [0.25, 0.3) is 27.9 Å². The van der Waals surface area contributed by atoms with E-state index < -0.39 is 16.4 Å². The molecule has 0 atom stereocenters. The van der Waals surface area contributed by atoms with Gasteiger partial charge in [-0.1, -0.05) is 36.4 Å². The van der Waals surface area contributed by atoms with Gasteiger partial charge in [-0.15, -0.1) is 5.10 Å². The molecule has 0 unspecified atom stereocenters. The molecule has 152 valence electrons. The monoisotopic (exact) mass is 415 g/mol. The van der Waals surface area contributed by atoms with Crippen LogP contribution in [0.15, 0.2) is 77.6 Å². The average Bonchev–Trinajstić information content (AvgIpc) is 3.23. The summed E-state index contributed by atoms with van der Waals surface area (Å²) in [5.41, 5.74) is 1.78. The second-order valence-corrected chi connectivity index (χ2v) is 6.99. The lowest BCUT2D eigenvalue weighted by molar-refractivity contribution is -0.384. The summed E-state index contributed by atoms with van der Waals surface area (Å²) >= 11 is 0. The Balaban J connectivity index is 1.70. The number of benzene rings is 3. The number of non-ortho nitro benzene ring substituents is 1. The maximum Gasteiger partial charge on any atom is 0.351 e. The van der Waals surface area contributed by atoms with Crippen LogP contribution in [0, 0.1) is 15.9 Å². The van der Waals surface area contributed by atoms with Gasteiger partial charge < -0.3 is 0 Å². The van der Waals surface area contributed by atoms with Gasteiger partial charge in [0, 0.05) is 23.1 Å². The molecule has 0 N–H and O–H groups in total. The van der Waals surface area contributed by atoms with E-state index in [1.807, 2.05) is 18.2 Å². The normalized spacial score (nSPS) is 11.3. The van der Waals surface area contributed by atoms with Crippen molar-refractivity contribution in [2.75, 3.05) is 0 Å². The van der Waals surface area contributed by atoms with Crippen molar-refractivity contribution < 1.29 is 9.31 Å². The molecule has 0 aliphatic rings. The summed E-state index contributed by atoms with van der Waals surface area (Å²) in [6.07, 6.45) is 0. The van der Waals surface area contributed by atoms with Gasteiger partial charge in [0.2, 0.25) is 0 Å². The van der Waals surface area contributed by atoms with Crippen molar-refractivity contribution in [2.24, 2.45) is 0 Å². The van der Waals surface area contributed by atoms with E-state index in [0.717, 1.165) is 5.56 Å². The standard InChI is InChI=1S/C22H14FN5O3/c23-16-5-3-4-15(12-16)20-24-21-18-6-1-2-7-19(18)26(22(29)27(21)25-20)13-14-8-10-17(11-9-14)28(30)31/h1-12H,13H2. The fourth-order valence-corrected chi connectivity index (χ4v) is 3.54. The Morgan fingerprint density at radius 2 is 1.77 bits per heavy atom. The first-order chi connectivity index (χ1) is 15.0. The number of hydrogen-bond donors (Lipinski definition) is 0. The minimum Gasteiger partial charge on any atom is -0.287 e. The van der Waals surface area contributed by atoms with Crippen LogP contribution in [0.4, 0.5) is 10.1 Å². The summed E-state index contributed by atoms with van der Waals surface area (Å²) in [6, 6.07) is 19.2. The van der Waals surface area contributed by atoms with E-state index in [1.165, 1.54) is 33.3 Å². The molecule has 0 aliphatic carbocycles. The van der Waals surface area contributed by atoms with Crippen molar-refractivity contribution in [1.29, 1.82) is 0 Å². The molecule has 5 rings (SSSR count). The highest BCUT2D eigenvalue weighted by Gasteiger charge is 2.16. The highest BCUT2D eigenvalue weighted by atomic mass is 19.1. The number of nitro benzene ring substituents is 1. The number of hydrogen-bond acceptors (Lipinski definition) is 5. The van der Waals surface area contributed by atoms with Crippen molar-refractivity contribution in [3.8, 4) is 11.4 Å². The Morgan fingerprint density at radius 3 is 2.52 bits per heavy atom. The predicted octanol–water partition coefficient (Wildman–Crippen LogP) is 3.81. The van der Waals surface area contributed by atoms with Gasteiger partial charge in [0.1, 0.15) is 5.82 Å². The van der Waals surface area contributed by atoms with Gasteiger partial charge in [-0.25, -0.2) is 14.2 Å². The number of aromatic nitrogens is 4. The molecule has 0 saturated carbocycles. The number of fused-ring (bicyclic) bond motifs is 3. The SMILES string of the molecule is O=c1n(Cc2ccc([N+](=O)[O-])cc2)c2ccccc2c2nc(-c3cccc(F)c3)nn12. The highest BCUT2D eigenvalue weighted by Crippen LogP contribution is 2.22. The van der Waals surface area contributed by atoms with E-state index in [4.69, 9.17) is 0 Å². The first kappa shape index (κ1) is 18.6. The summed E-state index contributed by atoms with van der Waals surface area (Å²) in [5.74, 6) is -0.174. The van der Waals surface area contributed by atoms with Crippen LogP contribution in [0.5, 0.6) is 0 Å². The first-order valence-corrected chi connectivity index (χ1v) is 9.39. The summed E-state index contributed by atoms with van der Waals surface area (Å²) in [4.78, 5) is 28.2. The van der Waals surface area contributed by atoms with Crippen molar-refractivity contribution in [2.45, 2.75) is 6.54 Å². The lowest BCUT2D eigenvalue weighted by Crippen LogP contribution is -2.28. The van der Waals surface area contributed by atoms with Crippen LogP contribution in [-0.4, -0.2) is 24.1 Å². The molecule has 0 radical (unpaired) electrons. The number of rotatable bonds is 4. The minimum absolute atomic E-state index is 0.0209. The Morgan fingerprint density at radius 1 is 1.00 bits per heavy atom. The number of nitro groups is 1. The molecule has 0 aliphatic heterocycles. The fourth-order valence-electron chi connectivity index (χ4n) is 3.54. The van der Waals surface area contributed by atoms with Crippen molar-refractivity contribution in [3.63, 3.8) is 0 Å². The van der Waals surface area contributed by atoms with Crippen molar-refractivity contribution >= 4 is 22.2 Å². The molecule has 5 aromatic rings. The Hall–Kier alpha value is -4.40. The third-order valence-electron chi connectivity index (χ3n) is 5.03. The number of para-hydroxylation sites is 1. The summed E-state index contributed by atoms with van der Waals surface area (Å²) in [5, 5.41) is 15.9. The third-order valence-corrected chi connectivity index (χ3v) is 5.03. The van der Waals surface area contributed by atoms with Crippen LogP contribution in [0.1, 0.15) is 5.56 Å². The van der Waals surface area contributed by atoms with E-state index in [9.17, 15) is 19.3 Å². The molecule has 0 bridgehead atoms. The maximum absolute atomic E-state index is 13.7. The smallest absolute Gasteiger partial charge is 0.287 e. The molecule has 0 amide bonds. The fraction of sp³-hybridized carbons (Fsp3) is 0.0455. The largest absolute Gasteiger partial charge is 0.351 e. The minimum atomic E-state index is -0.471. The maximum atomic E-state index is 13.7. The molecule has 0 saturated heterocycles. The Bertz CT molecular complexity index is 1520. The van der Waals surface area contributed by atoms with Crippen molar-refractivity contribution in [3.05, 3.63) is 105 Å². The molecular weight excluding hydrogens is 401 g/mol. The zero-order chi connectivity index (χ0) is 21.5. The lowest BCUT2D eigenvalue weighted by atomic mass is 10.2. The van der Waals surface area contributed by atoms with E-state index in [2.05, 4.69) is 10.1 Å². The summed E-state index contributed by atoms with van der Waals surface area (Å²) in [7, 11) is 0. The molecule has 0 fully saturated rings. The van der Waals surface area contributed by atoms with Crippen LogP contribution in [-0.2, 0) is 6.54 Å². The van der Waals surface area contributed by atoms with Crippen LogP contribution in [0.3, 0.4) is 0 Å². The van der Waals surface area contributed by atoms with E-state index >= 15 is 0 Å². The van der Waals surface area contributed by atoms with Crippen molar-refractivity contribution in [1.82, 2.24) is 19.2 Å². The molecule has 9 heteroatoms. The van der Waals surface area contributed by atoms with Gasteiger partial charge in [0.25, 0.3) is 5.69 Å². The van der Waals surface area contributed by atoms with Crippen LogP contribution >= 0.6 is 0 Å². The van der Waals surface area contributed by atoms with Gasteiger partial charge in [-0.05, 0) is 29.8 Å². The van der Waals surface area contributed by atoms with E-state index in [1.54, 1.807) is 30.3 Å². The van der Waals surface area contributed by atoms with Gasteiger partial charge in [0.05, 0.1) is 17.0 Å².